The summed E-state index contributed by atoms with van der Waals surface area (Å²) in [5, 5.41) is 17.0. The van der Waals surface area contributed by atoms with Crippen molar-refractivity contribution in [2.24, 2.45) is 17.2 Å². The zero-order chi connectivity index (χ0) is 27.1. The standard InChI is InChI=1S/C21H36N8O6S/c1-36-7-5-15(21(34)35)28-20(33)16(8-12-10-25-11-26-12)29-19(32)14(4-2-3-6-22)27-18(31)13(23)9-17(24)30/h10-11,13-16H,2-9,22-23H2,1H3,(H2,24,30)(H,25,26)(H,27,31)(H,28,33)(H,29,32)(H,34,35). The van der Waals surface area contributed by atoms with Crippen molar-refractivity contribution in [1.29, 1.82) is 0 Å². The van der Waals surface area contributed by atoms with Gasteiger partial charge in [-0.3, -0.25) is 19.2 Å². The number of carbonyl (C=O) groups is 5. The third-order valence-corrected chi connectivity index (χ3v) is 5.82. The fraction of sp³-hybridized carbons (Fsp3) is 0.619. The third kappa shape index (κ3) is 11.5. The Hall–Kier alpha value is -3.17. The summed E-state index contributed by atoms with van der Waals surface area (Å²) in [6.07, 6.45) is 5.76. The molecular weight excluding hydrogens is 492 g/mol. The number of H-pyrrole nitrogens is 1. The molecule has 0 saturated carbocycles. The number of thioether (sulfide) groups is 1. The molecule has 1 aromatic rings. The predicted molar refractivity (Wildman–Crippen MR) is 133 cm³/mol. The maximum atomic E-state index is 13.1. The van der Waals surface area contributed by atoms with E-state index in [1.807, 2.05) is 6.26 Å². The molecule has 15 heteroatoms. The lowest BCUT2D eigenvalue weighted by molar-refractivity contribution is -0.142. The van der Waals surface area contributed by atoms with Gasteiger partial charge in [-0.25, -0.2) is 9.78 Å². The van der Waals surface area contributed by atoms with Gasteiger partial charge in [-0.1, -0.05) is 0 Å². The number of hydrogen-bond acceptors (Lipinski definition) is 9. The van der Waals surface area contributed by atoms with Crippen LogP contribution in [-0.2, 0) is 30.4 Å². The van der Waals surface area contributed by atoms with E-state index in [0.29, 0.717) is 30.8 Å². The largest absolute Gasteiger partial charge is 0.480 e. The molecule has 0 aliphatic rings. The van der Waals surface area contributed by atoms with Crippen molar-refractivity contribution in [2.45, 2.75) is 62.7 Å². The highest BCUT2D eigenvalue weighted by Crippen LogP contribution is 2.07. The molecule has 4 atom stereocenters. The Bertz CT molecular complexity index is 869. The van der Waals surface area contributed by atoms with Crippen LogP contribution in [0.2, 0.25) is 0 Å². The molecule has 1 heterocycles. The number of primary amides is 1. The van der Waals surface area contributed by atoms with E-state index in [1.54, 1.807) is 0 Å². The van der Waals surface area contributed by atoms with Gasteiger partial charge in [0.05, 0.1) is 18.8 Å². The molecule has 4 unspecified atom stereocenters. The van der Waals surface area contributed by atoms with Crippen molar-refractivity contribution < 1.29 is 29.1 Å². The number of carboxylic acid groups (broad SMARTS) is 1. The molecule has 1 rings (SSSR count). The first kappa shape index (κ1) is 30.9. The van der Waals surface area contributed by atoms with E-state index in [1.165, 1.54) is 24.3 Å². The number of unbranched alkanes of at least 4 members (excludes halogenated alkanes) is 1. The molecule has 0 radical (unpaired) electrons. The summed E-state index contributed by atoms with van der Waals surface area (Å²) in [6, 6.07) is -4.63. The number of aliphatic carboxylic acids is 1. The van der Waals surface area contributed by atoms with Gasteiger partial charge in [-0.15, -0.1) is 0 Å². The fourth-order valence-corrected chi connectivity index (χ4v) is 3.68. The molecule has 14 nitrogen and oxygen atoms in total. The molecule has 0 aliphatic heterocycles. The molecule has 0 saturated heterocycles. The van der Waals surface area contributed by atoms with Crippen LogP contribution in [0.5, 0.6) is 0 Å². The number of carbonyl (C=O) groups excluding carboxylic acids is 4. The first-order valence-corrected chi connectivity index (χ1v) is 12.8. The summed E-state index contributed by atoms with van der Waals surface area (Å²) in [7, 11) is 0. The molecule has 1 aromatic heterocycles. The van der Waals surface area contributed by atoms with Gasteiger partial charge in [-0.05, 0) is 44.2 Å². The quantitative estimate of drug-likeness (QED) is 0.0936. The van der Waals surface area contributed by atoms with E-state index in [9.17, 15) is 29.1 Å². The Balaban J connectivity index is 3.04. The maximum Gasteiger partial charge on any atom is 0.326 e. The SMILES string of the molecule is CSCCC(NC(=O)C(Cc1cnc[nH]1)NC(=O)C(CCCCN)NC(=O)C(N)CC(N)=O)C(=O)O. The Morgan fingerprint density at radius 3 is 2.22 bits per heavy atom. The number of aromatic amines is 1. The second-order valence-electron chi connectivity index (χ2n) is 8.15. The Labute approximate surface area is 213 Å². The zero-order valence-corrected chi connectivity index (χ0v) is 21.0. The normalized spacial score (nSPS) is 14.2. The summed E-state index contributed by atoms with van der Waals surface area (Å²) in [5.74, 6) is -3.59. The third-order valence-electron chi connectivity index (χ3n) is 5.17. The first-order valence-electron chi connectivity index (χ1n) is 11.4. The highest BCUT2D eigenvalue weighted by molar-refractivity contribution is 7.98. The lowest BCUT2D eigenvalue weighted by atomic mass is 10.0. The molecule has 0 spiro atoms. The molecule has 36 heavy (non-hydrogen) atoms. The number of nitrogens with one attached hydrogen (secondary N) is 4. The van der Waals surface area contributed by atoms with Crippen LogP contribution in [0.3, 0.4) is 0 Å². The van der Waals surface area contributed by atoms with Gasteiger partial charge in [0.15, 0.2) is 0 Å². The summed E-state index contributed by atoms with van der Waals surface area (Å²) < 4.78 is 0. The number of aromatic nitrogens is 2. The van der Waals surface area contributed by atoms with Gasteiger partial charge < -0.3 is 43.2 Å². The van der Waals surface area contributed by atoms with E-state index in [4.69, 9.17) is 17.2 Å². The molecule has 11 N–H and O–H groups in total. The maximum absolute atomic E-state index is 13.1. The highest BCUT2D eigenvalue weighted by Gasteiger charge is 2.30. The van der Waals surface area contributed by atoms with Crippen molar-refractivity contribution in [3.8, 4) is 0 Å². The molecule has 4 amide bonds. The molecule has 0 aliphatic carbocycles. The van der Waals surface area contributed by atoms with Crippen molar-refractivity contribution >= 4 is 41.4 Å². The first-order chi connectivity index (χ1) is 17.1. The van der Waals surface area contributed by atoms with Crippen molar-refractivity contribution in [3.63, 3.8) is 0 Å². The number of nitrogens with zero attached hydrogens (tertiary/aromatic N) is 1. The zero-order valence-electron chi connectivity index (χ0n) is 20.2. The number of nitrogens with two attached hydrogens (primary N) is 3. The van der Waals surface area contributed by atoms with E-state index < -0.39 is 60.2 Å². The van der Waals surface area contributed by atoms with E-state index in [2.05, 4.69) is 25.9 Å². The van der Waals surface area contributed by atoms with Gasteiger partial charge in [0.25, 0.3) is 0 Å². The van der Waals surface area contributed by atoms with E-state index in [0.717, 1.165) is 0 Å². The number of rotatable bonds is 18. The van der Waals surface area contributed by atoms with Crippen LogP contribution in [0.4, 0.5) is 0 Å². The van der Waals surface area contributed by atoms with Crippen LogP contribution in [0.1, 0.15) is 37.8 Å². The Morgan fingerprint density at radius 1 is 1.03 bits per heavy atom. The minimum absolute atomic E-state index is 0.00288. The van der Waals surface area contributed by atoms with Crippen LogP contribution in [0, 0.1) is 0 Å². The van der Waals surface area contributed by atoms with Gasteiger partial charge in [0.2, 0.25) is 23.6 Å². The van der Waals surface area contributed by atoms with Crippen molar-refractivity contribution in [1.82, 2.24) is 25.9 Å². The highest BCUT2D eigenvalue weighted by atomic mass is 32.2. The van der Waals surface area contributed by atoms with Crippen molar-refractivity contribution in [3.05, 3.63) is 18.2 Å². The van der Waals surface area contributed by atoms with Gasteiger partial charge in [0.1, 0.15) is 18.1 Å². The van der Waals surface area contributed by atoms with Gasteiger partial charge >= 0.3 is 5.97 Å². The monoisotopic (exact) mass is 528 g/mol. The van der Waals surface area contributed by atoms with Crippen molar-refractivity contribution in [2.75, 3.05) is 18.6 Å². The van der Waals surface area contributed by atoms with Crippen LogP contribution >= 0.6 is 11.8 Å². The van der Waals surface area contributed by atoms with Gasteiger partial charge in [-0.2, -0.15) is 11.8 Å². The smallest absolute Gasteiger partial charge is 0.326 e. The summed E-state index contributed by atoms with van der Waals surface area (Å²) >= 11 is 1.44. The second kappa shape index (κ2) is 16.5. The lowest BCUT2D eigenvalue weighted by Gasteiger charge is -2.25. The number of hydrogen-bond donors (Lipinski definition) is 8. The van der Waals surface area contributed by atoms with E-state index in [-0.39, 0.29) is 19.3 Å². The molecule has 0 bridgehead atoms. The molecular formula is C21H36N8O6S. The summed E-state index contributed by atoms with van der Waals surface area (Å²) in [6.45, 7) is 0.376. The number of imidazole rings is 1. The molecule has 0 aromatic carbocycles. The fourth-order valence-electron chi connectivity index (χ4n) is 3.21. The molecule has 202 valence electrons. The summed E-state index contributed by atoms with van der Waals surface area (Å²) in [5.41, 5.74) is 16.8. The predicted octanol–water partition coefficient (Wildman–Crippen LogP) is -2.42. The lowest BCUT2D eigenvalue weighted by Crippen LogP contribution is -2.57. The number of amides is 4. The topological polar surface area (TPSA) is 248 Å². The van der Waals surface area contributed by atoms with Gasteiger partial charge in [0, 0.05) is 18.3 Å². The number of carboxylic acids is 1. The Kier molecular flexibility index (Phi) is 14.1. The minimum Gasteiger partial charge on any atom is -0.480 e. The average Bonchev–Trinajstić information content (AvgIpc) is 3.33. The minimum atomic E-state index is -1.25. The summed E-state index contributed by atoms with van der Waals surface area (Å²) in [4.78, 5) is 68.0. The van der Waals surface area contributed by atoms with Crippen LogP contribution < -0.4 is 33.2 Å². The molecule has 0 fully saturated rings. The average molecular weight is 529 g/mol. The second-order valence-corrected chi connectivity index (χ2v) is 9.13. The Morgan fingerprint density at radius 2 is 1.67 bits per heavy atom. The van der Waals surface area contributed by atoms with Crippen LogP contribution in [-0.4, -0.2) is 87.4 Å². The van der Waals surface area contributed by atoms with Crippen LogP contribution in [0.15, 0.2) is 12.5 Å². The van der Waals surface area contributed by atoms with Crippen LogP contribution in [0.25, 0.3) is 0 Å². The van der Waals surface area contributed by atoms with E-state index >= 15 is 0 Å².